The van der Waals surface area contributed by atoms with Crippen LogP contribution >= 0.6 is 7.60 Å². The Bertz CT molecular complexity index is 182. The molecule has 0 amide bonds. The van der Waals surface area contributed by atoms with E-state index in [9.17, 15) is 4.57 Å². The third kappa shape index (κ3) is 3.68. The lowest BCUT2D eigenvalue weighted by atomic mass is 10.3. The Morgan fingerprint density at radius 1 is 1.33 bits per heavy atom. The van der Waals surface area contributed by atoms with E-state index >= 15 is 0 Å². The summed E-state index contributed by atoms with van der Waals surface area (Å²) >= 11 is 0. The largest absolute Gasteiger partial charge is 0.382 e. The summed E-state index contributed by atoms with van der Waals surface area (Å²) in [6.07, 6.45) is 1.36. The molecule has 5 heteroatoms. The third-order valence-electron chi connectivity index (χ3n) is 1.83. The normalized spacial score (nSPS) is 16.2. The van der Waals surface area contributed by atoms with Crippen molar-refractivity contribution in [3.63, 3.8) is 0 Å². The lowest BCUT2D eigenvalue weighted by molar-refractivity contribution is -0.883. The van der Waals surface area contributed by atoms with Gasteiger partial charge in [0.25, 0.3) is 0 Å². The molecule has 0 fully saturated rings. The first-order valence-corrected chi connectivity index (χ1v) is 5.74. The first kappa shape index (κ1) is 12.1. The van der Waals surface area contributed by atoms with Gasteiger partial charge in [-0.15, -0.1) is 0 Å². The van der Waals surface area contributed by atoms with Gasteiger partial charge >= 0.3 is 7.60 Å². The molecule has 0 aromatic heterocycles. The Morgan fingerprint density at radius 2 is 1.75 bits per heavy atom. The van der Waals surface area contributed by atoms with Crippen LogP contribution in [0.2, 0.25) is 0 Å². The average molecular weight is 196 g/mol. The van der Waals surface area contributed by atoms with Crippen molar-refractivity contribution < 1.29 is 18.8 Å². The van der Waals surface area contributed by atoms with E-state index in [-0.39, 0.29) is 0 Å². The van der Waals surface area contributed by atoms with E-state index in [1.54, 1.807) is 21.1 Å². The van der Waals surface area contributed by atoms with Crippen LogP contribution < -0.4 is 0 Å². The number of quaternary nitrogens is 1. The summed E-state index contributed by atoms with van der Waals surface area (Å²) in [5, 5.41) is 0. The summed E-state index contributed by atoms with van der Waals surface area (Å²) < 4.78 is 11.4. The van der Waals surface area contributed by atoms with Crippen molar-refractivity contribution >= 4 is 7.60 Å². The second-order valence-corrected chi connectivity index (χ2v) is 5.75. The Hall–Kier alpha value is 0.110. The van der Waals surface area contributed by atoms with Gasteiger partial charge in [-0.05, 0) is 6.42 Å². The van der Waals surface area contributed by atoms with Crippen LogP contribution in [0.3, 0.4) is 0 Å². The van der Waals surface area contributed by atoms with Crippen molar-refractivity contribution in [2.24, 2.45) is 0 Å². The van der Waals surface area contributed by atoms with Gasteiger partial charge in [0.2, 0.25) is 0 Å². The lowest BCUT2D eigenvalue weighted by Gasteiger charge is -2.33. The summed E-state index contributed by atoms with van der Waals surface area (Å²) in [5.74, 6) is -0.567. The van der Waals surface area contributed by atoms with Crippen LogP contribution in [0.4, 0.5) is 0 Å². The van der Waals surface area contributed by atoms with Crippen LogP contribution in [0, 0.1) is 0 Å². The molecule has 74 valence electrons. The molecule has 0 aliphatic rings. The maximum absolute atomic E-state index is 11.0. The van der Waals surface area contributed by atoms with Crippen molar-refractivity contribution in [2.75, 3.05) is 21.1 Å². The van der Waals surface area contributed by atoms with E-state index in [1.807, 2.05) is 6.92 Å². The molecule has 0 bridgehead atoms. The Labute approximate surface area is 74.0 Å². The Kier molecular flexibility index (Phi) is 3.91. The van der Waals surface area contributed by atoms with E-state index in [0.29, 0.717) is 10.9 Å². The summed E-state index contributed by atoms with van der Waals surface area (Å²) in [6, 6.07) is 0. The van der Waals surface area contributed by atoms with Gasteiger partial charge in [0.05, 0.1) is 21.1 Å². The number of hydrogen-bond acceptors (Lipinski definition) is 1. The summed E-state index contributed by atoms with van der Waals surface area (Å²) in [6.45, 7) is 1.93. The van der Waals surface area contributed by atoms with Crippen LogP contribution in [0.15, 0.2) is 0 Å². The minimum absolute atomic E-state index is 0.318. The molecular formula is C7H19NO3P+. The van der Waals surface area contributed by atoms with E-state index in [2.05, 4.69) is 0 Å². The van der Waals surface area contributed by atoms with Gasteiger partial charge in [-0.1, -0.05) is 6.92 Å². The fraction of sp³-hybridized carbons (Fsp3) is 1.00. The predicted octanol–water partition coefficient (Wildman–Crippen LogP) is 0.996. The van der Waals surface area contributed by atoms with Crippen LogP contribution in [-0.2, 0) is 4.57 Å². The first-order valence-electron chi connectivity index (χ1n) is 4.06. The number of hydrogen-bond donors (Lipinski definition) is 2. The summed E-state index contributed by atoms with van der Waals surface area (Å²) in [5.41, 5.74) is 0. The summed E-state index contributed by atoms with van der Waals surface area (Å²) in [7, 11) is 1.47. The molecule has 2 N–H and O–H groups in total. The van der Waals surface area contributed by atoms with Crippen LogP contribution in [0.1, 0.15) is 19.8 Å². The second kappa shape index (κ2) is 3.88. The van der Waals surface area contributed by atoms with E-state index < -0.39 is 13.4 Å². The minimum Gasteiger partial charge on any atom is -0.320 e. The molecule has 1 unspecified atom stereocenters. The van der Waals surface area contributed by atoms with Crippen molar-refractivity contribution in [1.29, 1.82) is 0 Å². The third-order valence-corrected chi connectivity index (χ3v) is 3.56. The molecule has 0 spiro atoms. The minimum atomic E-state index is -3.94. The van der Waals surface area contributed by atoms with Gasteiger partial charge in [-0.3, -0.25) is 4.57 Å². The van der Waals surface area contributed by atoms with Crippen molar-refractivity contribution in [3.05, 3.63) is 0 Å². The highest BCUT2D eigenvalue weighted by Crippen LogP contribution is 2.46. The van der Waals surface area contributed by atoms with Gasteiger partial charge in [0.1, 0.15) is 0 Å². The zero-order valence-electron chi connectivity index (χ0n) is 8.19. The monoisotopic (exact) mass is 196 g/mol. The quantitative estimate of drug-likeness (QED) is 0.521. The molecule has 12 heavy (non-hydrogen) atoms. The van der Waals surface area contributed by atoms with Gasteiger partial charge in [-0.25, -0.2) is 0 Å². The molecule has 4 nitrogen and oxygen atoms in total. The predicted molar refractivity (Wildman–Crippen MR) is 48.8 cm³/mol. The second-order valence-electron chi connectivity index (χ2n) is 3.97. The van der Waals surface area contributed by atoms with Gasteiger partial charge < -0.3 is 14.3 Å². The highest BCUT2D eigenvalue weighted by atomic mass is 31.2. The van der Waals surface area contributed by atoms with Crippen molar-refractivity contribution in [2.45, 2.75) is 25.5 Å². The Balaban J connectivity index is 4.57. The molecule has 0 heterocycles. The highest BCUT2D eigenvalue weighted by Gasteiger charge is 2.38. The van der Waals surface area contributed by atoms with Crippen LogP contribution in [-0.4, -0.2) is 41.2 Å². The lowest BCUT2D eigenvalue weighted by Crippen LogP contribution is -2.44. The molecular weight excluding hydrogens is 177 g/mol. The molecule has 1 atom stereocenters. The molecule has 0 saturated heterocycles. The molecule has 0 saturated carbocycles. The summed E-state index contributed by atoms with van der Waals surface area (Å²) in [4.78, 5) is 18.1. The van der Waals surface area contributed by atoms with Crippen molar-refractivity contribution in [1.82, 2.24) is 0 Å². The Morgan fingerprint density at radius 3 is 1.83 bits per heavy atom. The molecule has 0 aliphatic carbocycles. The number of rotatable bonds is 4. The number of nitrogens with zero attached hydrogens (tertiary/aromatic N) is 1. The molecule has 0 radical (unpaired) electrons. The SMILES string of the molecule is CCCC([N+](C)(C)C)P(=O)(O)O. The van der Waals surface area contributed by atoms with Crippen LogP contribution in [0.25, 0.3) is 0 Å². The van der Waals surface area contributed by atoms with E-state index in [0.717, 1.165) is 6.42 Å². The molecule has 0 rings (SSSR count). The smallest absolute Gasteiger partial charge is 0.320 e. The zero-order valence-corrected chi connectivity index (χ0v) is 9.08. The van der Waals surface area contributed by atoms with Crippen molar-refractivity contribution in [3.8, 4) is 0 Å². The zero-order chi connectivity index (χ0) is 9.99. The standard InChI is InChI=1S/C7H18NO3P/c1-5-6-7(8(2,3)4)12(9,10)11/h7H,5-6H2,1-4H3,(H-,9,10,11)/p+1. The topological polar surface area (TPSA) is 57.5 Å². The van der Waals surface area contributed by atoms with Gasteiger partial charge in [-0.2, -0.15) is 0 Å². The molecule has 0 aliphatic heterocycles. The molecule has 0 aromatic carbocycles. The molecule has 0 aromatic rings. The first-order chi connectivity index (χ1) is 5.19. The van der Waals surface area contributed by atoms with E-state index in [1.165, 1.54) is 0 Å². The maximum Gasteiger partial charge on any atom is 0.382 e. The van der Waals surface area contributed by atoms with Gasteiger partial charge in [0, 0.05) is 6.42 Å². The average Bonchev–Trinajstić information content (AvgIpc) is 1.77. The highest BCUT2D eigenvalue weighted by molar-refractivity contribution is 7.52. The van der Waals surface area contributed by atoms with Gasteiger partial charge in [0.15, 0.2) is 5.78 Å². The van der Waals surface area contributed by atoms with E-state index in [4.69, 9.17) is 9.79 Å². The fourth-order valence-corrected chi connectivity index (χ4v) is 2.76. The fourth-order valence-electron chi connectivity index (χ4n) is 1.26. The van der Waals surface area contributed by atoms with Crippen LogP contribution in [0.5, 0.6) is 0 Å². The maximum atomic E-state index is 11.0.